The second kappa shape index (κ2) is 5.01. The summed E-state index contributed by atoms with van der Waals surface area (Å²) in [6.07, 6.45) is 0.492. The predicted molar refractivity (Wildman–Crippen MR) is 70.3 cm³/mol. The minimum absolute atomic E-state index is 0.220. The Hall–Kier alpha value is -1.88. The van der Waals surface area contributed by atoms with E-state index in [4.69, 9.17) is 10.8 Å². The molecule has 1 fully saturated rings. The molecule has 5 heteroatoms. The summed E-state index contributed by atoms with van der Waals surface area (Å²) in [6.45, 7) is 2.36. The first-order valence-electron chi connectivity index (χ1n) is 6.29. The number of nitrogens with two attached hydrogens (primary N) is 1. The number of likely N-dealkylation sites (tertiary alicyclic amines) is 1. The van der Waals surface area contributed by atoms with Crippen LogP contribution in [0.25, 0.3) is 0 Å². The van der Waals surface area contributed by atoms with Crippen LogP contribution in [0, 0.1) is 5.92 Å². The molecule has 1 aromatic rings. The van der Waals surface area contributed by atoms with Crippen molar-refractivity contribution in [2.75, 3.05) is 13.1 Å². The van der Waals surface area contributed by atoms with Gasteiger partial charge in [-0.25, -0.2) is 0 Å². The lowest BCUT2D eigenvalue weighted by Crippen LogP contribution is -2.50. The molecule has 102 valence electrons. The van der Waals surface area contributed by atoms with Gasteiger partial charge in [-0.15, -0.1) is 0 Å². The van der Waals surface area contributed by atoms with Gasteiger partial charge in [-0.1, -0.05) is 30.3 Å². The van der Waals surface area contributed by atoms with Crippen LogP contribution >= 0.6 is 0 Å². The maximum atomic E-state index is 12.4. The third-order valence-electron chi connectivity index (χ3n) is 3.64. The molecule has 2 atom stereocenters. The number of hydrogen-bond donors (Lipinski definition) is 2. The number of aliphatic carboxylic acids is 1. The van der Waals surface area contributed by atoms with Gasteiger partial charge in [0, 0.05) is 13.1 Å². The minimum Gasteiger partial charge on any atom is -0.481 e. The van der Waals surface area contributed by atoms with Gasteiger partial charge in [0.25, 0.3) is 0 Å². The molecule has 1 aromatic carbocycles. The number of hydrogen-bond acceptors (Lipinski definition) is 3. The summed E-state index contributed by atoms with van der Waals surface area (Å²) in [7, 11) is 0. The summed E-state index contributed by atoms with van der Waals surface area (Å²) in [6, 6.07) is 9.14. The number of rotatable bonds is 3. The van der Waals surface area contributed by atoms with Crippen LogP contribution in [0.2, 0.25) is 0 Å². The lowest BCUT2D eigenvalue weighted by molar-refractivity contribution is -0.141. The molecular formula is C14H18N2O3. The zero-order valence-corrected chi connectivity index (χ0v) is 10.9. The van der Waals surface area contributed by atoms with Gasteiger partial charge in [0.1, 0.15) is 5.54 Å². The van der Waals surface area contributed by atoms with E-state index in [1.807, 2.05) is 30.3 Å². The Labute approximate surface area is 112 Å². The molecule has 5 nitrogen and oxygen atoms in total. The number of carbonyl (C=O) groups is 2. The van der Waals surface area contributed by atoms with Crippen LogP contribution in [0.5, 0.6) is 0 Å². The second-order valence-electron chi connectivity index (χ2n) is 5.14. The quantitative estimate of drug-likeness (QED) is 0.843. The molecule has 1 heterocycles. The Bertz CT molecular complexity index is 485. The van der Waals surface area contributed by atoms with Crippen LogP contribution < -0.4 is 5.73 Å². The van der Waals surface area contributed by atoms with Crippen LogP contribution in [-0.2, 0) is 15.1 Å². The van der Waals surface area contributed by atoms with Gasteiger partial charge in [0.2, 0.25) is 5.91 Å². The molecule has 2 rings (SSSR count). The van der Waals surface area contributed by atoms with Gasteiger partial charge in [-0.05, 0) is 18.9 Å². The largest absolute Gasteiger partial charge is 0.481 e. The summed E-state index contributed by atoms with van der Waals surface area (Å²) in [5, 5.41) is 8.96. The van der Waals surface area contributed by atoms with Crippen molar-refractivity contribution in [3.05, 3.63) is 35.9 Å². The minimum atomic E-state index is -1.12. The van der Waals surface area contributed by atoms with Crippen LogP contribution in [0.3, 0.4) is 0 Å². The second-order valence-corrected chi connectivity index (χ2v) is 5.14. The van der Waals surface area contributed by atoms with Crippen LogP contribution in [0.15, 0.2) is 30.3 Å². The van der Waals surface area contributed by atoms with Crippen molar-refractivity contribution >= 4 is 11.9 Å². The molecule has 1 aliphatic rings. The highest BCUT2D eigenvalue weighted by Crippen LogP contribution is 2.24. The number of nitrogens with zero attached hydrogens (tertiary/aromatic N) is 1. The molecule has 0 spiro atoms. The molecule has 0 aliphatic carbocycles. The molecule has 3 N–H and O–H groups in total. The van der Waals surface area contributed by atoms with E-state index in [9.17, 15) is 9.59 Å². The van der Waals surface area contributed by atoms with Gasteiger partial charge in [0.15, 0.2) is 0 Å². The van der Waals surface area contributed by atoms with Gasteiger partial charge in [-0.3, -0.25) is 9.59 Å². The topological polar surface area (TPSA) is 83.6 Å². The van der Waals surface area contributed by atoms with Crippen molar-refractivity contribution in [2.24, 2.45) is 11.7 Å². The fourth-order valence-electron chi connectivity index (χ4n) is 2.38. The van der Waals surface area contributed by atoms with Crippen molar-refractivity contribution in [1.29, 1.82) is 0 Å². The highest BCUT2D eigenvalue weighted by Gasteiger charge is 2.39. The maximum Gasteiger partial charge on any atom is 0.308 e. The van der Waals surface area contributed by atoms with E-state index >= 15 is 0 Å². The van der Waals surface area contributed by atoms with Crippen molar-refractivity contribution in [3.8, 4) is 0 Å². The summed E-state index contributed by atoms with van der Waals surface area (Å²) >= 11 is 0. The summed E-state index contributed by atoms with van der Waals surface area (Å²) in [5.74, 6) is -1.55. The molecule has 0 aromatic heterocycles. The Balaban J connectivity index is 2.14. The first kappa shape index (κ1) is 13.5. The molecular weight excluding hydrogens is 244 g/mol. The Morgan fingerprint density at radius 2 is 2.00 bits per heavy atom. The molecule has 1 amide bonds. The number of carbonyl (C=O) groups excluding carboxylic acids is 1. The lowest BCUT2D eigenvalue weighted by Gasteiger charge is -2.29. The summed E-state index contributed by atoms with van der Waals surface area (Å²) < 4.78 is 0. The van der Waals surface area contributed by atoms with E-state index in [1.54, 1.807) is 11.8 Å². The van der Waals surface area contributed by atoms with Gasteiger partial charge >= 0.3 is 5.97 Å². The zero-order chi connectivity index (χ0) is 14.0. The lowest BCUT2D eigenvalue weighted by atomic mass is 9.92. The zero-order valence-electron chi connectivity index (χ0n) is 10.9. The van der Waals surface area contributed by atoms with Crippen LogP contribution in [0.1, 0.15) is 18.9 Å². The van der Waals surface area contributed by atoms with E-state index in [2.05, 4.69) is 0 Å². The number of amides is 1. The SMILES string of the molecule is CC(N)(C(=O)N1CCC(C(=O)O)C1)c1ccccc1. The first-order chi connectivity index (χ1) is 8.93. The molecule has 0 bridgehead atoms. The molecule has 1 saturated heterocycles. The Morgan fingerprint density at radius 1 is 1.37 bits per heavy atom. The predicted octanol–water partition coefficient (Wildman–Crippen LogP) is 0.794. The van der Waals surface area contributed by atoms with E-state index in [1.165, 1.54) is 0 Å². The number of benzene rings is 1. The van der Waals surface area contributed by atoms with Crippen LogP contribution in [0.4, 0.5) is 0 Å². The van der Waals surface area contributed by atoms with Crippen LogP contribution in [-0.4, -0.2) is 35.0 Å². The van der Waals surface area contributed by atoms with Gasteiger partial charge in [-0.2, -0.15) is 0 Å². The molecule has 1 aliphatic heterocycles. The first-order valence-corrected chi connectivity index (χ1v) is 6.29. The smallest absolute Gasteiger partial charge is 0.308 e. The van der Waals surface area contributed by atoms with Crippen molar-refractivity contribution < 1.29 is 14.7 Å². The average Bonchev–Trinajstić information content (AvgIpc) is 2.88. The molecule has 0 saturated carbocycles. The summed E-state index contributed by atoms with van der Waals surface area (Å²) in [5.41, 5.74) is 5.76. The summed E-state index contributed by atoms with van der Waals surface area (Å²) in [4.78, 5) is 24.9. The highest BCUT2D eigenvalue weighted by atomic mass is 16.4. The van der Waals surface area contributed by atoms with Crippen molar-refractivity contribution in [1.82, 2.24) is 4.90 Å². The van der Waals surface area contributed by atoms with Gasteiger partial charge in [0.05, 0.1) is 5.92 Å². The third kappa shape index (κ3) is 2.61. The highest BCUT2D eigenvalue weighted by molar-refractivity contribution is 5.88. The molecule has 2 unspecified atom stereocenters. The Kier molecular flexibility index (Phi) is 3.57. The maximum absolute atomic E-state index is 12.4. The number of carboxylic acid groups (broad SMARTS) is 1. The fraction of sp³-hybridized carbons (Fsp3) is 0.429. The monoisotopic (exact) mass is 262 g/mol. The van der Waals surface area contributed by atoms with Crippen molar-refractivity contribution in [3.63, 3.8) is 0 Å². The van der Waals surface area contributed by atoms with E-state index < -0.39 is 17.4 Å². The van der Waals surface area contributed by atoms with Crippen molar-refractivity contribution in [2.45, 2.75) is 18.9 Å². The number of carboxylic acids is 1. The van der Waals surface area contributed by atoms with E-state index in [0.29, 0.717) is 13.0 Å². The standard InChI is InChI=1S/C14H18N2O3/c1-14(15,11-5-3-2-4-6-11)13(19)16-8-7-10(9-16)12(17)18/h2-6,10H,7-9,15H2,1H3,(H,17,18). The molecule has 19 heavy (non-hydrogen) atoms. The van der Waals surface area contributed by atoms with E-state index in [0.717, 1.165) is 5.56 Å². The fourth-order valence-corrected chi connectivity index (χ4v) is 2.38. The average molecular weight is 262 g/mol. The Morgan fingerprint density at radius 3 is 2.53 bits per heavy atom. The molecule has 0 radical (unpaired) electrons. The normalized spacial score (nSPS) is 22.0. The van der Waals surface area contributed by atoms with E-state index in [-0.39, 0.29) is 12.5 Å². The third-order valence-corrected chi connectivity index (χ3v) is 3.64. The van der Waals surface area contributed by atoms with Gasteiger partial charge < -0.3 is 15.7 Å².